The first-order chi connectivity index (χ1) is 10.7. The molecule has 0 atom stereocenters. The van der Waals surface area contributed by atoms with Crippen molar-refractivity contribution >= 4 is 45.1 Å². The van der Waals surface area contributed by atoms with Crippen LogP contribution >= 0.6 is 38.9 Å². The topological polar surface area (TPSA) is 20.0 Å². The quantitative estimate of drug-likeness (QED) is 0.784. The molecule has 6 heteroatoms. The average molecular weight is 400 g/mol. The fraction of sp³-hybridized carbons (Fsp3) is 0.312. The molecule has 2 heterocycles. The number of benzene rings is 1. The molecule has 1 aliphatic rings. The summed E-state index contributed by atoms with van der Waals surface area (Å²) in [6, 6.07) is 12.3. The smallest absolute Gasteiger partial charge is 0.104 e. The van der Waals surface area contributed by atoms with E-state index in [9.17, 15) is 0 Å². The number of nitrogens with one attached hydrogen (secondary N) is 1. The van der Waals surface area contributed by atoms with Crippen LogP contribution in [0.2, 0.25) is 5.02 Å². The fourth-order valence-corrected chi connectivity index (χ4v) is 4.04. The summed E-state index contributed by atoms with van der Waals surface area (Å²) in [7, 11) is 0. The Labute approximate surface area is 148 Å². The molecule has 22 heavy (non-hydrogen) atoms. The zero-order chi connectivity index (χ0) is 15.4. The summed E-state index contributed by atoms with van der Waals surface area (Å²) in [4.78, 5) is 2.75. The first-order valence-electron chi connectivity index (χ1n) is 7.32. The molecule has 1 aliphatic heterocycles. The third-order valence-electron chi connectivity index (χ3n) is 3.79. The van der Waals surface area contributed by atoms with Crippen molar-refractivity contribution in [3.05, 3.63) is 55.6 Å². The summed E-state index contributed by atoms with van der Waals surface area (Å²) in [6.45, 7) is 5.16. The number of thiophene rings is 1. The van der Waals surface area contributed by atoms with Crippen molar-refractivity contribution < 1.29 is 4.90 Å². The van der Waals surface area contributed by atoms with Gasteiger partial charge >= 0.3 is 0 Å². The van der Waals surface area contributed by atoms with Gasteiger partial charge in [-0.1, -0.05) is 29.8 Å². The van der Waals surface area contributed by atoms with Gasteiger partial charge in [0, 0.05) is 15.5 Å². The van der Waals surface area contributed by atoms with Crippen molar-refractivity contribution in [2.24, 2.45) is 5.10 Å². The van der Waals surface area contributed by atoms with Crippen molar-refractivity contribution in [1.82, 2.24) is 5.01 Å². The molecule has 1 aromatic heterocycles. The van der Waals surface area contributed by atoms with Gasteiger partial charge in [0.1, 0.15) is 6.54 Å². The summed E-state index contributed by atoms with van der Waals surface area (Å²) in [5.41, 5.74) is 1.24. The molecule has 3 rings (SSSR count). The second-order valence-electron chi connectivity index (χ2n) is 5.36. The number of rotatable bonds is 4. The Morgan fingerprint density at radius 3 is 2.68 bits per heavy atom. The van der Waals surface area contributed by atoms with Crippen LogP contribution in [0.4, 0.5) is 0 Å². The first kappa shape index (κ1) is 16.0. The maximum Gasteiger partial charge on any atom is 0.104 e. The lowest BCUT2D eigenvalue weighted by Crippen LogP contribution is -3.13. The van der Waals surface area contributed by atoms with E-state index in [4.69, 9.17) is 11.6 Å². The number of piperazine rings is 1. The predicted molar refractivity (Wildman–Crippen MR) is 97.0 cm³/mol. The van der Waals surface area contributed by atoms with Gasteiger partial charge in [0.2, 0.25) is 0 Å². The van der Waals surface area contributed by atoms with Gasteiger partial charge in [-0.05, 0) is 34.1 Å². The molecular weight excluding hydrogens is 382 g/mol. The van der Waals surface area contributed by atoms with Gasteiger partial charge < -0.3 is 4.90 Å². The van der Waals surface area contributed by atoms with Gasteiger partial charge in [-0.15, -0.1) is 11.3 Å². The standard InChI is InChI=1S/C16H17BrClN3S/c17-16-6-5-14(22-16)11-19-21-9-7-20(8-10-21)12-13-3-1-2-4-15(13)18/h1-6,11H,7-10,12H2/p+1/b19-11-. The highest BCUT2D eigenvalue weighted by Gasteiger charge is 2.19. The van der Waals surface area contributed by atoms with E-state index in [0.717, 1.165) is 41.5 Å². The normalized spacial score (nSPS) is 16.5. The van der Waals surface area contributed by atoms with Crippen LogP contribution in [0, 0.1) is 0 Å². The van der Waals surface area contributed by atoms with E-state index in [0.29, 0.717) is 0 Å². The summed E-state index contributed by atoms with van der Waals surface area (Å²) in [5.74, 6) is 0. The molecule has 1 N–H and O–H groups in total. The number of halogens is 2. The number of hydrogen-bond acceptors (Lipinski definition) is 3. The Kier molecular flexibility index (Phi) is 5.52. The van der Waals surface area contributed by atoms with E-state index < -0.39 is 0 Å². The molecule has 0 saturated carbocycles. The minimum Gasteiger partial charge on any atom is -0.328 e. The summed E-state index contributed by atoms with van der Waals surface area (Å²) >= 11 is 11.4. The first-order valence-corrected chi connectivity index (χ1v) is 9.31. The maximum absolute atomic E-state index is 6.24. The molecule has 0 aliphatic carbocycles. The van der Waals surface area contributed by atoms with Gasteiger partial charge in [-0.25, -0.2) is 0 Å². The third kappa shape index (κ3) is 4.32. The number of hydrazone groups is 1. The number of nitrogens with zero attached hydrogens (tertiary/aromatic N) is 2. The van der Waals surface area contributed by atoms with Gasteiger partial charge in [0.05, 0.1) is 36.2 Å². The fourth-order valence-electron chi connectivity index (χ4n) is 2.55. The largest absolute Gasteiger partial charge is 0.328 e. The molecule has 0 unspecified atom stereocenters. The van der Waals surface area contributed by atoms with Gasteiger partial charge in [0.25, 0.3) is 0 Å². The van der Waals surface area contributed by atoms with Crippen LogP contribution in [-0.2, 0) is 6.54 Å². The SMILES string of the molecule is Clc1ccccc1C[NH+]1CCN(/N=C\c2ccc(Br)s2)CC1. The molecule has 2 aromatic rings. The zero-order valence-electron chi connectivity index (χ0n) is 12.1. The van der Waals surface area contributed by atoms with Crippen molar-refractivity contribution in [2.45, 2.75) is 6.54 Å². The molecule has 1 fully saturated rings. The van der Waals surface area contributed by atoms with E-state index >= 15 is 0 Å². The molecule has 1 saturated heterocycles. The van der Waals surface area contributed by atoms with Crippen LogP contribution in [-0.4, -0.2) is 37.4 Å². The molecular formula is C16H18BrClN3S+. The van der Waals surface area contributed by atoms with Crippen LogP contribution in [0.15, 0.2) is 45.3 Å². The van der Waals surface area contributed by atoms with E-state index in [1.807, 2.05) is 18.3 Å². The van der Waals surface area contributed by atoms with Crippen LogP contribution in [0.1, 0.15) is 10.4 Å². The Bertz CT molecular complexity index is 650. The summed E-state index contributed by atoms with van der Waals surface area (Å²) in [5, 5.41) is 7.61. The molecule has 116 valence electrons. The maximum atomic E-state index is 6.24. The predicted octanol–water partition coefficient (Wildman–Crippen LogP) is 2.90. The van der Waals surface area contributed by atoms with E-state index in [-0.39, 0.29) is 0 Å². The van der Waals surface area contributed by atoms with Crippen LogP contribution in [0.25, 0.3) is 0 Å². The minimum atomic E-state index is 0.874. The summed E-state index contributed by atoms with van der Waals surface area (Å²) in [6.07, 6.45) is 1.95. The van der Waals surface area contributed by atoms with E-state index in [2.05, 4.69) is 50.3 Å². The number of hydrogen-bond donors (Lipinski definition) is 1. The van der Waals surface area contributed by atoms with Crippen molar-refractivity contribution in [3.63, 3.8) is 0 Å². The summed E-state index contributed by atoms with van der Waals surface area (Å²) < 4.78 is 1.14. The highest BCUT2D eigenvalue weighted by Crippen LogP contribution is 2.20. The lowest BCUT2D eigenvalue weighted by Gasteiger charge is -2.30. The molecule has 1 aromatic carbocycles. The van der Waals surface area contributed by atoms with Crippen LogP contribution in [0.5, 0.6) is 0 Å². The van der Waals surface area contributed by atoms with E-state index in [1.165, 1.54) is 10.4 Å². The third-order valence-corrected chi connectivity index (χ3v) is 5.71. The van der Waals surface area contributed by atoms with E-state index in [1.54, 1.807) is 16.2 Å². The van der Waals surface area contributed by atoms with Crippen molar-refractivity contribution in [3.8, 4) is 0 Å². The highest BCUT2D eigenvalue weighted by atomic mass is 79.9. The van der Waals surface area contributed by atoms with Crippen molar-refractivity contribution in [1.29, 1.82) is 0 Å². The monoisotopic (exact) mass is 398 g/mol. The zero-order valence-corrected chi connectivity index (χ0v) is 15.3. The van der Waals surface area contributed by atoms with Crippen LogP contribution < -0.4 is 4.90 Å². The Balaban J connectivity index is 1.50. The lowest BCUT2D eigenvalue weighted by atomic mass is 10.2. The lowest BCUT2D eigenvalue weighted by molar-refractivity contribution is -0.918. The second kappa shape index (κ2) is 7.59. The molecule has 3 nitrogen and oxygen atoms in total. The molecule has 0 bridgehead atoms. The van der Waals surface area contributed by atoms with Gasteiger partial charge in [-0.3, -0.25) is 5.01 Å². The Morgan fingerprint density at radius 1 is 1.23 bits per heavy atom. The molecule has 0 amide bonds. The number of quaternary nitrogens is 1. The van der Waals surface area contributed by atoms with Crippen molar-refractivity contribution in [2.75, 3.05) is 26.2 Å². The average Bonchev–Trinajstić information content (AvgIpc) is 2.94. The minimum absolute atomic E-state index is 0.874. The highest BCUT2D eigenvalue weighted by molar-refractivity contribution is 9.11. The Morgan fingerprint density at radius 2 is 2.00 bits per heavy atom. The van der Waals surface area contributed by atoms with Gasteiger partial charge in [0.15, 0.2) is 0 Å². The molecule has 0 radical (unpaired) electrons. The van der Waals surface area contributed by atoms with Gasteiger partial charge in [-0.2, -0.15) is 5.10 Å². The molecule has 0 spiro atoms. The van der Waals surface area contributed by atoms with Crippen LogP contribution in [0.3, 0.4) is 0 Å². The second-order valence-corrected chi connectivity index (χ2v) is 8.26. The Hall–Kier alpha value is -0.880.